The number of likely N-dealkylation sites (tertiary alicyclic amines) is 1. The van der Waals surface area contributed by atoms with Gasteiger partial charge in [0, 0.05) is 19.6 Å². The summed E-state index contributed by atoms with van der Waals surface area (Å²) in [5.74, 6) is 0.00816. The van der Waals surface area contributed by atoms with Crippen molar-refractivity contribution in [3.05, 3.63) is 0 Å². The molecule has 0 aromatic carbocycles. The van der Waals surface area contributed by atoms with Gasteiger partial charge in [0.1, 0.15) is 0 Å². The number of rotatable bonds is 8. The number of nitrogens with zero attached hydrogens (tertiary/aromatic N) is 1. The first-order valence-electron chi connectivity index (χ1n) is 7.39. The van der Waals surface area contributed by atoms with E-state index in [9.17, 15) is 9.59 Å². The maximum Gasteiger partial charge on any atom is 0.317 e. The van der Waals surface area contributed by atoms with Crippen molar-refractivity contribution >= 4 is 23.8 Å². The number of carbonyl (C=O) groups is 2. The van der Waals surface area contributed by atoms with Gasteiger partial charge in [0.15, 0.2) is 0 Å². The second-order valence-electron chi connectivity index (χ2n) is 5.26. The highest BCUT2D eigenvalue weighted by molar-refractivity contribution is 7.98. The summed E-state index contributed by atoms with van der Waals surface area (Å²) in [5, 5.41) is 11.9. The molecule has 1 unspecified atom stereocenters. The van der Waals surface area contributed by atoms with E-state index in [0.29, 0.717) is 26.1 Å². The summed E-state index contributed by atoms with van der Waals surface area (Å²) in [6.45, 7) is 1.70. The molecular weight excluding hydrogens is 276 g/mol. The number of carbonyl (C=O) groups excluding carboxylic acids is 1. The van der Waals surface area contributed by atoms with E-state index in [0.717, 1.165) is 19.3 Å². The van der Waals surface area contributed by atoms with E-state index in [1.54, 1.807) is 4.90 Å². The molecule has 2 N–H and O–H groups in total. The maximum absolute atomic E-state index is 11.9. The number of amides is 2. The molecule has 0 aromatic rings. The van der Waals surface area contributed by atoms with E-state index >= 15 is 0 Å². The van der Waals surface area contributed by atoms with Crippen LogP contribution in [0.5, 0.6) is 0 Å². The van der Waals surface area contributed by atoms with Crippen LogP contribution in [0.2, 0.25) is 0 Å². The van der Waals surface area contributed by atoms with Gasteiger partial charge in [-0.15, -0.1) is 0 Å². The molecule has 0 aliphatic carbocycles. The number of piperidine rings is 1. The Balaban J connectivity index is 2.11. The Morgan fingerprint density at radius 1 is 1.30 bits per heavy atom. The summed E-state index contributed by atoms with van der Waals surface area (Å²) < 4.78 is 0. The van der Waals surface area contributed by atoms with E-state index in [1.165, 1.54) is 18.6 Å². The predicted molar refractivity (Wildman–Crippen MR) is 82.2 cm³/mol. The molecule has 1 heterocycles. The molecule has 5 nitrogen and oxygen atoms in total. The molecule has 1 atom stereocenters. The molecule has 116 valence electrons. The monoisotopic (exact) mass is 302 g/mol. The van der Waals surface area contributed by atoms with E-state index in [4.69, 9.17) is 5.11 Å². The molecule has 1 aliphatic heterocycles. The summed E-state index contributed by atoms with van der Waals surface area (Å²) in [4.78, 5) is 24.5. The summed E-state index contributed by atoms with van der Waals surface area (Å²) in [7, 11) is 0. The van der Waals surface area contributed by atoms with Crippen LogP contribution < -0.4 is 5.32 Å². The van der Waals surface area contributed by atoms with Crippen LogP contribution >= 0.6 is 11.8 Å². The van der Waals surface area contributed by atoms with Gasteiger partial charge >= 0.3 is 12.0 Å². The minimum atomic E-state index is -0.795. The molecule has 1 rings (SSSR count). The minimum Gasteiger partial charge on any atom is -0.481 e. The summed E-state index contributed by atoms with van der Waals surface area (Å²) in [6.07, 6.45) is 8.15. The van der Waals surface area contributed by atoms with E-state index in [2.05, 4.69) is 11.6 Å². The van der Waals surface area contributed by atoms with Crippen molar-refractivity contribution in [2.75, 3.05) is 31.6 Å². The number of hydrogen-bond donors (Lipinski definition) is 2. The Kier molecular flexibility index (Phi) is 8.49. The zero-order valence-electron chi connectivity index (χ0n) is 12.3. The second kappa shape index (κ2) is 9.91. The van der Waals surface area contributed by atoms with Crippen molar-refractivity contribution < 1.29 is 14.7 Å². The number of hydrogen-bond acceptors (Lipinski definition) is 3. The van der Waals surface area contributed by atoms with Gasteiger partial charge in [-0.2, -0.15) is 11.8 Å². The van der Waals surface area contributed by atoms with Gasteiger partial charge in [-0.1, -0.05) is 12.8 Å². The minimum absolute atomic E-state index is 0.111. The maximum atomic E-state index is 11.9. The van der Waals surface area contributed by atoms with Crippen LogP contribution in [0.3, 0.4) is 0 Å². The Bertz CT molecular complexity index is 313. The Hall–Kier alpha value is -0.910. The van der Waals surface area contributed by atoms with Crippen LogP contribution in [0.1, 0.15) is 38.5 Å². The van der Waals surface area contributed by atoms with Gasteiger partial charge in [-0.3, -0.25) is 4.79 Å². The van der Waals surface area contributed by atoms with Gasteiger partial charge in [0.25, 0.3) is 0 Å². The number of nitrogens with one attached hydrogen (secondary N) is 1. The smallest absolute Gasteiger partial charge is 0.317 e. The fraction of sp³-hybridized carbons (Fsp3) is 0.857. The lowest BCUT2D eigenvalue weighted by molar-refractivity contribution is -0.143. The summed E-state index contributed by atoms with van der Waals surface area (Å²) in [5.41, 5.74) is 0. The van der Waals surface area contributed by atoms with Gasteiger partial charge < -0.3 is 15.3 Å². The van der Waals surface area contributed by atoms with Crippen LogP contribution in [0, 0.1) is 5.92 Å². The molecule has 1 saturated heterocycles. The zero-order valence-corrected chi connectivity index (χ0v) is 13.1. The average Bonchev–Trinajstić information content (AvgIpc) is 2.46. The lowest BCUT2D eigenvalue weighted by Gasteiger charge is -2.30. The molecule has 0 bridgehead atoms. The second-order valence-corrected chi connectivity index (χ2v) is 6.25. The molecule has 1 fully saturated rings. The van der Waals surface area contributed by atoms with E-state index in [1.807, 2.05) is 11.8 Å². The van der Waals surface area contributed by atoms with Gasteiger partial charge in [-0.05, 0) is 37.7 Å². The fourth-order valence-corrected chi connectivity index (χ4v) is 2.89. The highest BCUT2D eigenvalue weighted by Crippen LogP contribution is 2.16. The standard InChI is InChI=1S/C14H26N2O3S/c1-20-10-5-3-2-4-8-15-14(19)16-9-6-7-12(11-16)13(17)18/h12H,2-11H2,1H3,(H,15,19)(H,17,18). The molecule has 0 radical (unpaired) electrons. The van der Waals surface area contributed by atoms with Crippen molar-refractivity contribution in [3.8, 4) is 0 Å². The molecule has 0 saturated carbocycles. The van der Waals surface area contributed by atoms with Crippen LogP contribution in [0.4, 0.5) is 4.79 Å². The molecule has 0 spiro atoms. The summed E-state index contributed by atoms with van der Waals surface area (Å²) in [6, 6.07) is -0.111. The number of thioether (sulfide) groups is 1. The first-order chi connectivity index (χ1) is 9.65. The SMILES string of the molecule is CSCCCCCCNC(=O)N1CCCC(C(=O)O)C1. The van der Waals surface area contributed by atoms with E-state index < -0.39 is 11.9 Å². The molecule has 0 aromatic heterocycles. The Morgan fingerprint density at radius 2 is 2.05 bits per heavy atom. The third-order valence-electron chi connectivity index (χ3n) is 3.61. The average molecular weight is 302 g/mol. The summed E-state index contributed by atoms with van der Waals surface area (Å²) >= 11 is 1.87. The lowest BCUT2D eigenvalue weighted by Crippen LogP contribution is -2.47. The van der Waals surface area contributed by atoms with Crippen molar-refractivity contribution in [2.45, 2.75) is 38.5 Å². The number of unbranched alkanes of at least 4 members (excludes halogenated alkanes) is 3. The number of aliphatic carboxylic acids is 1. The number of carboxylic acids is 1. The van der Waals surface area contributed by atoms with Gasteiger partial charge in [-0.25, -0.2) is 4.79 Å². The van der Waals surface area contributed by atoms with Crippen LogP contribution in [-0.2, 0) is 4.79 Å². The lowest BCUT2D eigenvalue weighted by atomic mass is 9.99. The third kappa shape index (κ3) is 6.50. The van der Waals surface area contributed by atoms with Crippen LogP contribution in [-0.4, -0.2) is 53.6 Å². The normalized spacial score (nSPS) is 18.9. The van der Waals surface area contributed by atoms with Crippen molar-refractivity contribution in [1.29, 1.82) is 0 Å². The third-order valence-corrected chi connectivity index (χ3v) is 4.31. The zero-order chi connectivity index (χ0) is 14.8. The molecule has 1 aliphatic rings. The van der Waals surface area contributed by atoms with Crippen molar-refractivity contribution in [3.63, 3.8) is 0 Å². The molecule has 6 heteroatoms. The highest BCUT2D eigenvalue weighted by atomic mass is 32.2. The largest absolute Gasteiger partial charge is 0.481 e. The fourth-order valence-electron chi connectivity index (χ4n) is 2.40. The first-order valence-corrected chi connectivity index (χ1v) is 8.79. The van der Waals surface area contributed by atoms with Crippen molar-refractivity contribution in [1.82, 2.24) is 10.2 Å². The van der Waals surface area contributed by atoms with Crippen molar-refractivity contribution in [2.24, 2.45) is 5.92 Å². The Morgan fingerprint density at radius 3 is 2.75 bits per heavy atom. The molecular formula is C14H26N2O3S. The van der Waals surface area contributed by atoms with Gasteiger partial charge in [0.2, 0.25) is 0 Å². The van der Waals surface area contributed by atoms with E-state index in [-0.39, 0.29) is 6.03 Å². The van der Waals surface area contributed by atoms with Gasteiger partial charge in [0.05, 0.1) is 5.92 Å². The topological polar surface area (TPSA) is 69.6 Å². The number of urea groups is 1. The molecule has 2 amide bonds. The first kappa shape index (κ1) is 17.1. The highest BCUT2D eigenvalue weighted by Gasteiger charge is 2.27. The predicted octanol–water partition coefficient (Wildman–Crippen LogP) is 2.42. The van der Waals surface area contributed by atoms with Crippen LogP contribution in [0.15, 0.2) is 0 Å². The molecule has 20 heavy (non-hydrogen) atoms. The number of carboxylic acid groups (broad SMARTS) is 1. The Labute approximate surface area is 125 Å². The van der Waals surface area contributed by atoms with Crippen LogP contribution in [0.25, 0.3) is 0 Å². The quantitative estimate of drug-likeness (QED) is 0.676.